The van der Waals surface area contributed by atoms with Crippen LogP contribution >= 0.6 is 0 Å². The largest absolute Gasteiger partial charge is 0.626 e. The van der Waals surface area contributed by atoms with Gasteiger partial charge in [-0.2, -0.15) is 10.6 Å². The molecule has 0 spiro atoms. The lowest BCUT2D eigenvalue weighted by molar-refractivity contribution is -0.458. The Labute approximate surface area is 188 Å². The van der Waals surface area contributed by atoms with E-state index in [1.54, 1.807) is 6.92 Å². The first-order valence-electron chi connectivity index (χ1n) is 11.7. The van der Waals surface area contributed by atoms with Crippen LogP contribution in [0.15, 0.2) is 11.6 Å². The molecule has 4 N–H and O–H groups in total. The van der Waals surface area contributed by atoms with E-state index in [-0.39, 0.29) is 42.0 Å². The Balaban J connectivity index is 1.68. The highest BCUT2D eigenvalue weighted by Gasteiger charge is 2.68. The van der Waals surface area contributed by atoms with Gasteiger partial charge < -0.3 is 14.9 Å². The second kappa shape index (κ2) is 7.76. The molecule has 32 heavy (non-hydrogen) atoms. The number of fused-ring (bicyclic) bond motifs is 5. The van der Waals surface area contributed by atoms with Gasteiger partial charge in [-0.1, -0.05) is 19.4 Å². The van der Waals surface area contributed by atoms with Crippen molar-refractivity contribution >= 4 is 23.4 Å². The highest BCUT2D eigenvalue weighted by molar-refractivity contribution is 5.96. The molecule has 4 rings (SSSR count). The molecule has 4 aliphatic rings. The Morgan fingerprint density at radius 2 is 1.97 bits per heavy atom. The number of Topliss-reactive ketones (excluding diaryl/α,β-unsaturated/α-hetero) is 2. The highest BCUT2D eigenvalue weighted by atomic mass is 16.6. The van der Waals surface area contributed by atoms with Gasteiger partial charge in [-0.25, -0.2) is 0 Å². The lowest BCUT2D eigenvalue weighted by Crippen LogP contribution is -2.61. The van der Waals surface area contributed by atoms with Gasteiger partial charge in [-0.05, 0) is 61.0 Å². The molecule has 8 heteroatoms. The second-order valence-electron chi connectivity index (χ2n) is 10.5. The number of ketones is 2. The zero-order valence-corrected chi connectivity index (χ0v) is 19.2. The van der Waals surface area contributed by atoms with E-state index in [1.807, 2.05) is 13.0 Å². The second-order valence-corrected chi connectivity index (χ2v) is 10.5. The van der Waals surface area contributed by atoms with E-state index in [0.717, 1.165) is 23.1 Å². The van der Waals surface area contributed by atoms with Gasteiger partial charge >= 0.3 is 6.09 Å². The highest BCUT2D eigenvalue weighted by Crippen LogP contribution is 2.66. The van der Waals surface area contributed by atoms with Crippen molar-refractivity contribution in [3.8, 4) is 0 Å². The molecule has 3 saturated carbocycles. The number of hydrazine groups is 1. The standard InChI is InChI=1S/C24H35N2O6/c1-4-32-21(30)26(25)15-7-9-22(2)14(11-15)5-6-16-17-8-10-24(31,19(29)13-27)23(17,3)12-18(28)20(16)22/h11,16-17,20,27,31H,4-10,12-13,25H2,1-3H3/q+1/b26-15-/t16-,17-,20+,22-,23-,24-/m0/s1. The number of ether oxygens (including phenoxy) is 1. The maximum absolute atomic E-state index is 13.6. The summed E-state index contributed by atoms with van der Waals surface area (Å²) < 4.78 is 6.09. The number of nitrogens with two attached hydrogens (primary N) is 1. The van der Waals surface area contributed by atoms with E-state index in [0.29, 0.717) is 31.4 Å². The zero-order chi connectivity index (χ0) is 23.5. The lowest BCUT2D eigenvalue weighted by atomic mass is 9.46. The average molecular weight is 448 g/mol. The van der Waals surface area contributed by atoms with Crippen molar-refractivity contribution in [2.24, 2.45) is 34.4 Å². The third-order valence-corrected chi connectivity index (χ3v) is 9.20. The van der Waals surface area contributed by atoms with Crippen LogP contribution in [0.2, 0.25) is 0 Å². The van der Waals surface area contributed by atoms with Gasteiger partial charge in [0.15, 0.2) is 5.78 Å². The average Bonchev–Trinajstić information content (AvgIpc) is 3.03. The molecule has 8 nitrogen and oxygen atoms in total. The molecule has 0 radical (unpaired) electrons. The van der Waals surface area contributed by atoms with Gasteiger partial charge in [-0.3, -0.25) is 9.59 Å². The minimum atomic E-state index is -1.64. The lowest BCUT2D eigenvalue weighted by Gasteiger charge is -2.57. The molecule has 0 unspecified atom stereocenters. The minimum absolute atomic E-state index is 0.0555. The number of hydrogen-bond acceptors (Lipinski definition) is 7. The van der Waals surface area contributed by atoms with Crippen molar-refractivity contribution in [2.45, 2.75) is 71.3 Å². The number of amides is 1. The smallest absolute Gasteiger partial charge is 0.410 e. The van der Waals surface area contributed by atoms with E-state index >= 15 is 0 Å². The normalized spacial score (nSPS) is 42.3. The molecule has 0 bridgehead atoms. The predicted molar refractivity (Wildman–Crippen MR) is 116 cm³/mol. The summed E-state index contributed by atoms with van der Waals surface area (Å²) >= 11 is 0. The van der Waals surface area contributed by atoms with E-state index in [1.165, 1.54) is 0 Å². The topological polar surface area (TPSA) is 130 Å². The molecular formula is C24H35N2O6+. The first-order chi connectivity index (χ1) is 15.0. The van der Waals surface area contributed by atoms with E-state index < -0.39 is 29.5 Å². The van der Waals surface area contributed by atoms with Crippen molar-refractivity contribution in [1.82, 2.24) is 0 Å². The Kier molecular flexibility index (Phi) is 5.61. The van der Waals surface area contributed by atoms with Crippen LogP contribution in [0.25, 0.3) is 0 Å². The third-order valence-electron chi connectivity index (χ3n) is 9.20. The molecule has 0 aromatic carbocycles. The fourth-order valence-electron chi connectivity index (χ4n) is 7.49. The van der Waals surface area contributed by atoms with Gasteiger partial charge in [-0.15, -0.1) is 0 Å². The van der Waals surface area contributed by atoms with Gasteiger partial charge in [0.25, 0.3) is 0 Å². The maximum atomic E-state index is 13.6. The number of rotatable bonds is 3. The molecule has 4 aliphatic carbocycles. The Morgan fingerprint density at radius 1 is 1.25 bits per heavy atom. The van der Waals surface area contributed by atoms with Crippen molar-refractivity contribution in [2.75, 3.05) is 13.2 Å². The van der Waals surface area contributed by atoms with Crippen LogP contribution in [0.4, 0.5) is 4.79 Å². The Bertz CT molecular complexity index is 925. The van der Waals surface area contributed by atoms with Crippen LogP contribution in [0.1, 0.15) is 65.7 Å². The van der Waals surface area contributed by atoms with Crippen molar-refractivity contribution in [3.05, 3.63) is 11.6 Å². The summed E-state index contributed by atoms with van der Waals surface area (Å²) in [6.07, 6.45) is 5.35. The Morgan fingerprint density at radius 3 is 2.62 bits per heavy atom. The molecule has 3 fully saturated rings. The summed E-state index contributed by atoms with van der Waals surface area (Å²) in [6, 6.07) is 0. The number of hydrogen-bond donors (Lipinski definition) is 3. The molecule has 176 valence electrons. The monoisotopic (exact) mass is 447 g/mol. The van der Waals surface area contributed by atoms with Crippen LogP contribution in [-0.4, -0.2) is 57.1 Å². The fraction of sp³-hybridized carbons (Fsp3) is 0.750. The Hall–Kier alpha value is -2.06. The van der Waals surface area contributed by atoms with Crippen molar-refractivity contribution < 1.29 is 34.0 Å². The summed E-state index contributed by atoms with van der Waals surface area (Å²) in [5.74, 6) is 5.47. The SMILES string of the molecule is CCOC(=O)/[N+](N)=C1/C=C2CC[C@@H]3[C@H](C(=O)C[C@@]4(C)[C@H]3CC[C@]4(O)C(=O)CO)[C@@]2(C)CC1. The first-order valence-corrected chi connectivity index (χ1v) is 11.7. The van der Waals surface area contributed by atoms with Crippen LogP contribution < -0.4 is 5.84 Å². The molecule has 0 aromatic rings. The first kappa shape index (κ1) is 23.1. The number of aliphatic hydroxyl groups is 2. The predicted octanol–water partition coefficient (Wildman–Crippen LogP) is 1.90. The number of carbonyl (C=O) groups excluding carboxylic acids is 3. The van der Waals surface area contributed by atoms with E-state index in [4.69, 9.17) is 10.6 Å². The molecule has 0 aromatic heterocycles. The number of nitrogens with zero attached hydrogens (tertiary/aromatic N) is 1. The van der Waals surface area contributed by atoms with Gasteiger partial charge in [0, 0.05) is 30.3 Å². The number of carbonyl (C=O) groups is 3. The summed E-state index contributed by atoms with van der Waals surface area (Å²) in [7, 11) is 0. The molecular weight excluding hydrogens is 412 g/mol. The zero-order valence-electron chi connectivity index (χ0n) is 19.2. The van der Waals surface area contributed by atoms with E-state index in [2.05, 4.69) is 6.92 Å². The summed E-state index contributed by atoms with van der Waals surface area (Å²) in [5.41, 5.74) is -0.978. The number of hydrazone groups is 1. The van der Waals surface area contributed by atoms with Crippen LogP contribution in [-0.2, 0) is 14.3 Å². The molecule has 1 amide bonds. The minimum Gasteiger partial charge on any atom is -0.410 e. The van der Waals surface area contributed by atoms with Crippen LogP contribution in [0.3, 0.4) is 0 Å². The number of aliphatic hydroxyl groups excluding tert-OH is 1. The quantitative estimate of drug-likeness (QED) is 0.261. The van der Waals surface area contributed by atoms with Crippen molar-refractivity contribution in [1.29, 1.82) is 0 Å². The summed E-state index contributed by atoms with van der Waals surface area (Å²) in [4.78, 5) is 38.2. The van der Waals surface area contributed by atoms with Gasteiger partial charge in [0.05, 0.1) is 6.61 Å². The molecule has 6 atom stereocenters. The van der Waals surface area contributed by atoms with Gasteiger partial charge in [0.1, 0.15) is 18.0 Å². The number of allylic oxidation sites excluding steroid dienone is 2. The molecule has 0 saturated heterocycles. The van der Waals surface area contributed by atoms with E-state index in [9.17, 15) is 24.6 Å². The van der Waals surface area contributed by atoms with Crippen molar-refractivity contribution in [3.63, 3.8) is 0 Å². The maximum Gasteiger partial charge on any atom is 0.626 e. The van der Waals surface area contributed by atoms with Crippen LogP contribution in [0, 0.1) is 28.6 Å². The fourth-order valence-corrected chi connectivity index (χ4v) is 7.49. The third kappa shape index (κ3) is 3.02. The summed E-state index contributed by atoms with van der Waals surface area (Å²) in [6.45, 7) is 5.27. The molecule has 0 aliphatic heterocycles. The van der Waals surface area contributed by atoms with Crippen LogP contribution in [0.5, 0.6) is 0 Å². The van der Waals surface area contributed by atoms with Gasteiger partial charge in [0.2, 0.25) is 5.71 Å². The summed E-state index contributed by atoms with van der Waals surface area (Å²) in [5, 5.41) is 20.7. The molecule has 0 heterocycles.